The van der Waals surface area contributed by atoms with Crippen LogP contribution in [0.2, 0.25) is 10.0 Å². The summed E-state index contributed by atoms with van der Waals surface area (Å²) in [5, 5.41) is 3.33. The van der Waals surface area contributed by atoms with Crippen molar-refractivity contribution in [2.24, 2.45) is 0 Å². The van der Waals surface area contributed by atoms with E-state index < -0.39 is 11.7 Å². The third kappa shape index (κ3) is 6.61. The van der Waals surface area contributed by atoms with Gasteiger partial charge in [-0.1, -0.05) is 53.2 Å². The van der Waals surface area contributed by atoms with Gasteiger partial charge in [0.05, 0.1) is 27.2 Å². The molecule has 1 N–H and O–H groups in total. The van der Waals surface area contributed by atoms with Gasteiger partial charge in [-0.3, -0.25) is 14.5 Å². The van der Waals surface area contributed by atoms with Crippen molar-refractivity contribution in [1.29, 1.82) is 0 Å². The number of hydrogen-bond donors (Lipinski definition) is 1. The molecule has 0 saturated carbocycles. The van der Waals surface area contributed by atoms with E-state index in [0.29, 0.717) is 54.3 Å². The molecule has 37 heavy (non-hydrogen) atoms. The lowest BCUT2D eigenvalue weighted by atomic mass is 10.1. The molecule has 4 rings (SSSR count). The van der Waals surface area contributed by atoms with Crippen LogP contribution >= 0.6 is 47.2 Å². The number of anilines is 2. The maximum atomic E-state index is 13.1. The second-order valence-corrected chi connectivity index (χ2v) is 10.1. The Hall–Kier alpha value is -3.11. The largest absolute Gasteiger partial charge is 0.490 e. The van der Waals surface area contributed by atoms with Crippen LogP contribution in [0.1, 0.15) is 12.5 Å². The summed E-state index contributed by atoms with van der Waals surface area (Å²) in [7, 11) is 0. The summed E-state index contributed by atoms with van der Waals surface area (Å²) in [5.74, 6) is -0.331. The van der Waals surface area contributed by atoms with Gasteiger partial charge < -0.3 is 14.8 Å². The van der Waals surface area contributed by atoms with Gasteiger partial charge in [0, 0.05) is 5.69 Å². The highest BCUT2D eigenvalue weighted by Gasteiger charge is 2.33. The lowest BCUT2D eigenvalue weighted by molar-refractivity contribution is -0.118. The van der Waals surface area contributed by atoms with Crippen molar-refractivity contribution in [2.75, 3.05) is 23.4 Å². The second-order valence-electron chi connectivity index (χ2n) is 7.60. The van der Waals surface area contributed by atoms with Crippen LogP contribution in [0.25, 0.3) is 6.08 Å². The molecule has 1 heterocycles. The average molecular weight is 577 g/mol. The molecule has 0 spiro atoms. The van der Waals surface area contributed by atoms with E-state index in [4.69, 9.17) is 44.9 Å². The Morgan fingerprint density at radius 1 is 1.05 bits per heavy atom. The summed E-state index contributed by atoms with van der Waals surface area (Å²) in [6.07, 6.45) is 1.70. The molecule has 1 aliphatic heterocycles. The number of amides is 2. The number of rotatable bonds is 8. The molecule has 2 amide bonds. The molecule has 0 aliphatic carbocycles. The molecule has 3 aromatic rings. The maximum Gasteiger partial charge on any atom is 0.270 e. The van der Waals surface area contributed by atoms with Crippen LogP contribution in [0.3, 0.4) is 0 Å². The second kappa shape index (κ2) is 12.0. The quantitative estimate of drug-likeness (QED) is 0.231. The van der Waals surface area contributed by atoms with Gasteiger partial charge in [-0.2, -0.15) is 0 Å². The highest BCUT2D eigenvalue weighted by molar-refractivity contribution is 8.27. The molecular formula is C26H19Cl2FN2O4S2. The van der Waals surface area contributed by atoms with E-state index in [1.165, 1.54) is 40.9 Å². The Kier molecular flexibility index (Phi) is 8.71. The first-order valence-electron chi connectivity index (χ1n) is 10.9. The summed E-state index contributed by atoms with van der Waals surface area (Å²) < 4.78 is 24.7. The smallest absolute Gasteiger partial charge is 0.270 e. The van der Waals surface area contributed by atoms with Crippen molar-refractivity contribution in [1.82, 2.24) is 0 Å². The van der Waals surface area contributed by atoms with E-state index in [-0.39, 0.29) is 12.5 Å². The summed E-state index contributed by atoms with van der Waals surface area (Å²) in [6.45, 7) is 1.90. The van der Waals surface area contributed by atoms with Crippen LogP contribution in [0.4, 0.5) is 15.8 Å². The minimum Gasteiger partial charge on any atom is -0.490 e. The van der Waals surface area contributed by atoms with Crippen LogP contribution in [0.5, 0.6) is 11.5 Å². The number of thioether (sulfide) groups is 1. The highest BCUT2D eigenvalue weighted by Crippen LogP contribution is 2.39. The lowest BCUT2D eigenvalue weighted by Gasteiger charge is -2.15. The average Bonchev–Trinajstić information content (AvgIpc) is 3.14. The van der Waals surface area contributed by atoms with Crippen molar-refractivity contribution in [3.8, 4) is 11.5 Å². The number of nitrogens with one attached hydrogen (secondary N) is 1. The van der Waals surface area contributed by atoms with Crippen molar-refractivity contribution in [3.05, 3.63) is 87.0 Å². The van der Waals surface area contributed by atoms with E-state index in [2.05, 4.69) is 5.32 Å². The SMILES string of the molecule is CCOc1cc(/C=C2\SC(=S)N(c3ccc(Cl)c(Cl)c3)C2=O)ccc1OCC(=O)Nc1ccc(F)cc1. The monoisotopic (exact) mass is 576 g/mol. The molecule has 1 aliphatic rings. The number of nitrogens with zero attached hydrogens (tertiary/aromatic N) is 1. The van der Waals surface area contributed by atoms with Crippen molar-refractivity contribution >= 4 is 80.8 Å². The van der Waals surface area contributed by atoms with Crippen LogP contribution in [-0.4, -0.2) is 29.3 Å². The zero-order valence-corrected chi connectivity index (χ0v) is 22.4. The molecule has 3 aromatic carbocycles. The zero-order chi connectivity index (χ0) is 26.5. The normalized spacial score (nSPS) is 14.3. The van der Waals surface area contributed by atoms with Crippen LogP contribution < -0.4 is 19.7 Å². The molecule has 0 unspecified atom stereocenters. The van der Waals surface area contributed by atoms with Gasteiger partial charge in [-0.05, 0) is 73.2 Å². The van der Waals surface area contributed by atoms with Gasteiger partial charge in [0.25, 0.3) is 11.8 Å². The van der Waals surface area contributed by atoms with Crippen LogP contribution in [-0.2, 0) is 9.59 Å². The maximum absolute atomic E-state index is 13.1. The zero-order valence-electron chi connectivity index (χ0n) is 19.3. The fourth-order valence-electron chi connectivity index (χ4n) is 3.34. The third-order valence-electron chi connectivity index (χ3n) is 5.01. The van der Waals surface area contributed by atoms with Crippen molar-refractivity contribution in [2.45, 2.75) is 6.92 Å². The molecule has 190 valence electrons. The Morgan fingerprint density at radius 3 is 2.51 bits per heavy atom. The summed E-state index contributed by atoms with van der Waals surface area (Å²) in [4.78, 5) is 27.2. The predicted molar refractivity (Wildman–Crippen MR) is 150 cm³/mol. The number of carbonyl (C=O) groups is 2. The first-order valence-corrected chi connectivity index (χ1v) is 12.9. The minimum atomic E-state index is -0.413. The third-order valence-corrected chi connectivity index (χ3v) is 7.05. The molecule has 6 nitrogen and oxygen atoms in total. The molecule has 1 saturated heterocycles. The van der Waals surface area contributed by atoms with E-state index in [0.717, 1.165) is 0 Å². The molecule has 0 radical (unpaired) electrons. The molecule has 0 aromatic heterocycles. The highest BCUT2D eigenvalue weighted by atomic mass is 35.5. The summed E-state index contributed by atoms with van der Waals surface area (Å²) in [6, 6.07) is 15.4. The predicted octanol–water partition coefficient (Wildman–Crippen LogP) is 6.95. The van der Waals surface area contributed by atoms with Gasteiger partial charge in [-0.25, -0.2) is 4.39 Å². The van der Waals surface area contributed by atoms with Gasteiger partial charge in [0.1, 0.15) is 5.82 Å². The van der Waals surface area contributed by atoms with Crippen molar-refractivity contribution in [3.63, 3.8) is 0 Å². The minimum absolute atomic E-state index is 0.279. The van der Waals surface area contributed by atoms with Gasteiger partial charge in [0.2, 0.25) is 0 Å². The molecule has 0 bridgehead atoms. The Bertz CT molecular complexity index is 1400. The van der Waals surface area contributed by atoms with Crippen molar-refractivity contribution < 1.29 is 23.5 Å². The Labute approximate surface area is 232 Å². The van der Waals surface area contributed by atoms with Crippen LogP contribution in [0, 0.1) is 5.82 Å². The summed E-state index contributed by atoms with van der Waals surface area (Å²) in [5.41, 5.74) is 1.66. The molecule has 1 fully saturated rings. The number of ether oxygens (including phenoxy) is 2. The van der Waals surface area contributed by atoms with Gasteiger partial charge >= 0.3 is 0 Å². The van der Waals surface area contributed by atoms with Gasteiger partial charge in [0.15, 0.2) is 22.4 Å². The number of benzene rings is 3. The number of hydrogen-bond acceptors (Lipinski definition) is 6. The fourth-order valence-corrected chi connectivity index (χ4v) is 4.93. The Balaban J connectivity index is 1.48. The molecular weight excluding hydrogens is 558 g/mol. The van der Waals surface area contributed by atoms with E-state index in [1.807, 2.05) is 6.92 Å². The first kappa shape index (κ1) is 26.9. The number of thiocarbonyl (C=S) groups is 1. The van der Waals surface area contributed by atoms with E-state index >= 15 is 0 Å². The summed E-state index contributed by atoms with van der Waals surface area (Å²) >= 11 is 18.7. The van der Waals surface area contributed by atoms with E-state index in [1.54, 1.807) is 42.5 Å². The Morgan fingerprint density at radius 2 is 1.81 bits per heavy atom. The fraction of sp³-hybridized carbons (Fsp3) is 0.115. The standard InChI is InChI=1S/C26H19Cl2FN2O4S2/c1-2-34-22-11-15(3-10-21(22)35-14-24(32)30-17-6-4-16(29)5-7-17)12-23-25(33)31(26(36)37-23)18-8-9-19(27)20(28)13-18/h3-13H,2,14H2,1H3,(H,30,32)/b23-12-. The molecule has 11 heteroatoms. The van der Waals surface area contributed by atoms with Crippen LogP contribution in [0.15, 0.2) is 65.6 Å². The lowest BCUT2D eigenvalue weighted by Crippen LogP contribution is -2.27. The topological polar surface area (TPSA) is 67.9 Å². The number of carbonyl (C=O) groups excluding carboxylic acids is 2. The molecule has 0 atom stereocenters. The first-order chi connectivity index (χ1) is 17.7. The van der Waals surface area contributed by atoms with Gasteiger partial charge in [-0.15, -0.1) is 0 Å². The number of halogens is 3. The van der Waals surface area contributed by atoms with E-state index in [9.17, 15) is 14.0 Å².